The van der Waals surface area contributed by atoms with Crippen LogP contribution in [0.3, 0.4) is 0 Å². The molecule has 4 nitrogen and oxygen atoms in total. The number of hydrogen-bond acceptors (Lipinski definition) is 3. The molecule has 0 unspecified atom stereocenters. The average molecular weight is 358 g/mol. The monoisotopic (exact) mass is 357 g/mol. The number of halogens is 2. The van der Waals surface area contributed by atoms with E-state index in [-0.39, 0.29) is 29.4 Å². The summed E-state index contributed by atoms with van der Waals surface area (Å²) in [5, 5.41) is 2.89. The highest BCUT2D eigenvalue weighted by atomic mass is 79.9. The third kappa shape index (κ3) is 4.03. The van der Waals surface area contributed by atoms with Crippen molar-refractivity contribution < 1.29 is 18.7 Å². The Hall–Kier alpha value is -1.43. The van der Waals surface area contributed by atoms with Gasteiger partial charge in [-0.3, -0.25) is 9.59 Å². The average Bonchev–Trinajstić information content (AvgIpc) is 2.49. The third-order valence-corrected chi connectivity index (χ3v) is 4.46. The molecule has 0 atom stereocenters. The van der Waals surface area contributed by atoms with E-state index in [9.17, 15) is 14.0 Å². The summed E-state index contributed by atoms with van der Waals surface area (Å²) in [5.74, 6) is -1.02. The van der Waals surface area contributed by atoms with Crippen LogP contribution in [0.15, 0.2) is 22.7 Å². The summed E-state index contributed by atoms with van der Waals surface area (Å²) in [4.78, 5) is 23.6. The molecule has 1 aromatic rings. The number of esters is 1. The maximum Gasteiger partial charge on any atom is 0.308 e. The minimum Gasteiger partial charge on any atom is -0.469 e. The largest absolute Gasteiger partial charge is 0.469 e. The van der Waals surface area contributed by atoms with E-state index >= 15 is 0 Å². The Labute approximate surface area is 131 Å². The summed E-state index contributed by atoms with van der Waals surface area (Å²) in [6.07, 6.45) is 2.83. The van der Waals surface area contributed by atoms with Crippen LogP contribution in [0.4, 0.5) is 4.39 Å². The number of nitrogens with one attached hydrogen (secondary N) is 1. The van der Waals surface area contributed by atoms with Gasteiger partial charge in [-0.25, -0.2) is 4.39 Å². The maximum atomic E-state index is 13.2. The van der Waals surface area contributed by atoms with Crippen molar-refractivity contribution in [3.8, 4) is 0 Å². The topological polar surface area (TPSA) is 55.4 Å². The van der Waals surface area contributed by atoms with Gasteiger partial charge in [-0.1, -0.05) is 0 Å². The van der Waals surface area contributed by atoms with Crippen molar-refractivity contribution in [1.82, 2.24) is 5.32 Å². The molecule has 1 amide bonds. The summed E-state index contributed by atoms with van der Waals surface area (Å²) in [5.41, 5.74) is 0.282. The lowest BCUT2D eigenvalue weighted by atomic mass is 9.86. The molecule has 6 heteroatoms. The number of carbonyl (C=O) groups excluding carboxylic acids is 2. The summed E-state index contributed by atoms with van der Waals surface area (Å²) < 4.78 is 18.5. The maximum absolute atomic E-state index is 13.2. The van der Waals surface area contributed by atoms with Crippen LogP contribution in [0.1, 0.15) is 36.0 Å². The van der Waals surface area contributed by atoms with Gasteiger partial charge in [0.15, 0.2) is 0 Å². The molecule has 2 rings (SSSR count). The molecule has 0 aromatic heterocycles. The number of ether oxygens (including phenoxy) is 1. The molecule has 0 aliphatic heterocycles. The second-order valence-corrected chi connectivity index (χ2v) is 6.02. The molecule has 1 saturated carbocycles. The van der Waals surface area contributed by atoms with Crippen molar-refractivity contribution in [3.63, 3.8) is 0 Å². The summed E-state index contributed by atoms with van der Waals surface area (Å²) in [7, 11) is 1.39. The first-order chi connectivity index (χ1) is 10.0. The van der Waals surface area contributed by atoms with Crippen LogP contribution in [0, 0.1) is 11.7 Å². The molecule has 0 heterocycles. The predicted octanol–water partition coefficient (Wildman–Crippen LogP) is 3.05. The highest BCUT2D eigenvalue weighted by molar-refractivity contribution is 9.10. The molecule has 0 spiro atoms. The number of methoxy groups -OCH3 is 1. The fourth-order valence-corrected chi connectivity index (χ4v) is 3.00. The van der Waals surface area contributed by atoms with Gasteiger partial charge < -0.3 is 10.1 Å². The van der Waals surface area contributed by atoms with E-state index in [0.717, 1.165) is 12.8 Å². The van der Waals surface area contributed by atoms with E-state index in [1.807, 2.05) is 0 Å². The minimum absolute atomic E-state index is 0.00794. The van der Waals surface area contributed by atoms with Crippen LogP contribution in [0.25, 0.3) is 0 Å². The molecular weight excluding hydrogens is 341 g/mol. The van der Waals surface area contributed by atoms with Crippen LogP contribution in [0.5, 0.6) is 0 Å². The highest BCUT2D eigenvalue weighted by Crippen LogP contribution is 2.26. The zero-order valence-electron chi connectivity index (χ0n) is 11.7. The number of benzene rings is 1. The van der Waals surface area contributed by atoms with E-state index < -0.39 is 5.82 Å². The van der Waals surface area contributed by atoms with Crippen molar-refractivity contribution >= 4 is 27.8 Å². The normalized spacial score (nSPS) is 21.7. The molecule has 21 heavy (non-hydrogen) atoms. The van der Waals surface area contributed by atoms with Gasteiger partial charge in [-0.05, 0) is 59.8 Å². The van der Waals surface area contributed by atoms with E-state index in [2.05, 4.69) is 21.2 Å². The third-order valence-electron chi connectivity index (χ3n) is 3.77. The van der Waals surface area contributed by atoms with Gasteiger partial charge in [0, 0.05) is 10.5 Å². The Morgan fingerprint density at radius 1 is 1.29 bits per heavy atom. The molecule has 0 bridgehead atoms. The second-order valence-electron chi connectivity index (χ2n) is 5.17. The zero-order chi connectivity index (χ0) is 15.4. The molecule has 1 aliphatic rings. The SMILES string of the molecule is COC(=O)C1CCC(NC(=O)c2cc(F)ccc2Br)CC1. The number of carbonyl (C=O) groups is 2. The molecule has 114 valence electrons. The molecular formula is C15H17BrFNO3. The van der Waals surface area contributed by atoms with Gasteiger partial charge >= 0.3 is 5.97 Å². The Morgan fingerprint density at radius 3 is 2.57 bits per heavy atom. The fourth-order valence-electron chi connectivity index (χ4n) is 2.57. The predicted molar refractivity (Wildman–Crippen MR) is 79.3 cm³/mol. The quantitative estimate of drug-likeness (QED) is 0.845. The van der Waals surface area contributed by atoms with E-state index in [0.29, 0.717) is 17.3 Å². The number of hydrogen-bond donors (Lipinski definition) is 1. The Kier molecular flexibility index (Phi) is 5.33. The fraction of sp³-hybridized carbons (Fsp3) is 0.467. The smallest absolute Gasteiger partial charge is 0.308 e. The van der Waals surface area contributed by atoms with Gasteiger partial charge in [-0.2, -0.15) is 0 Å². The van der Waals surface area contributed by atoms with E-state index in [1.165, 1.54) is 25.3 Å². The minimum atomic E-state index is -0.447. The summed E-state index contributed by atoms with van der Waals surface area (Å²) >= 11 is 3.25. The Morgan fingerprint density at radius 2 is 1.95 bits per heavy atom. The van der Waals surface area contributed by atoms with Crippen LogP contribution < -0.4 is 5.32 Å². The first-order valence-corrected chi connectivity index (χ1v) is 7.64. The van der Waals surface area contributed by atoms with Gasteiger partial charge in [-0.15, -0.1) is 0 Å². The van der Waals surface area contributed by atoms with Crippen molar-refractivity contribution in [2.45, 2.75) is 31.7 Å². The van der Waals surface area contributed by atoms with Crippen LogP contribution in [-0.4, -0.2) is 25.0 Å². The van der Waals surface area contributed by atoms with Gasteiger partial charge in [0.1, 0.15) is 5.82 Å². The molecule has 1 N–H and O–H groups in total. The van der Waals surface area contributed by atoms with Gasteiger partial charge in [0.05, 0.1) is 18.6 Å². The molecule has 0 radical (unpaired) electrons. The molecule has 1 aliphatic carbocycles. The van der Waals surface area contributed by atoms with Crippen LogP contribution in [-0.2, 0) is 9.53 Å². The van der Waals surface area contributed by atoms with Crippen molar-refractivity contribution in [2.75, 3.05) is 7.11 Å². The van der Waals surface area contributed by atoms with Crippen LogP contribution in [0.2, 0.25) is 0 Å². The molecule has 1 aromatic carbocycles. The summed E-state index contributed by atoms with van der Waals surface area (Å²) in [6, 6.07) is 4.02. The zero-order valence-corrected chi connectivity index (χ0v) is 13.3. The standard InChI is InChI=1S/C15H17BrFNO3/c1-21-15(20)9-2-5-11(6-3-9)18-14(19)12-8-10(17)4-7-13(12)16/h4,7-9,11H,2-3,5-6H2,1H3,(H,18,19). The van der Waals surface area contributed by atoms with E-state index in [1.54, 1.807) is 0 Å². The summed E-state index contributed by atoms with van der Waals surface area (Å²) in [6.45, 7) is 0. The lowest BCUT2D eigenvalue weighted by Crippen LogP contribution is -2.39. The Balaban J connectivity index is 1.93. The second kappa shape index (κ2) is 7.02. The van der Waals surface area contributed by atoms with Crippen LogP contribution >= 0.6 is 15.9 Å². The first-order valence-electron chi connectivity index (χ1n) is 6.85. The van der Waals surface area contributed by atoms with Crippen molar-refractivity contribution in [3.05, 3.63) is 34.1 Å². The number of rotatable bonds is 3. The molecule has 1 fully saturated rings. The van der Waals surface area contributed by atoms with Crippen molar-refractivity contribution in [2.24, 2.45) is 5.92 Å². The van der Waals surface area contributed by atoms with Crippen molar-refractivity contribution in [1.29, 1.82) is 0 Å². The molecule has 0 saturated heterocycles. The van der Waals surface area contributed by atoms with Gasteiger partial charge in [0.25, 0.3) is 5.91 Å². The highest BCUT2D eigenvalue weighted by Gasteiger charge is 2.28. The number of amides is 1. The lowest BCUT2D eigenvalue weighted by Gasteiger charge is -2.27. The lowest BCUT2D eigenvalue weighted by molar-refractivity contribution is -0.146. The first kappa shape index (κ1) is 15.9. The Bertz CT molecular complexity index is 542. The van der Waals surface area contributed by atoms with E-state index in [4.69, 9.17) is 4.74 Å². The van der Waals surface area contributed by atoms with Gasteiger partial charge in [0.2, 0.25) is 0 Å².